The molecule has 2 aliphatic heterocycles. The number of amides is 3. The minimum Gasteiger partial charge on any atom is -0.492 e. The Kier molecular flexibility index (Phi) is 3.27. The molecule has 1 N–H and O–H groups in total. The third-order valence-electron chi connectivity index (χ3n) is 5.15. The number of hydrogen-bond donors (Lipinski definition) is 1. The molecule has 24 heavy (non-hydrogen) atoms. The molecular weight excluding hydrogens is 308 g/mol. The van der Waals surface area contributed by atoms with Crippen LogP contribution in [0.25, 0.3) is 0 Å². The van der Waals surface area contributed by atoms with E-state index in [1.165, 1.54) is 4.90 Å². The van der Waals surface area contributed by atoms with E-state index in [9.17, 15) is 9.59 Å². The van der Waals surface area contributed by atoms with E-state index in [0.29, 0.717) is 19.4 Å². The molecule has 1 aromatic rings. The molecule has 6 heteroatoms. The average Bonchev–Trinajstić information content (AvgIpc) is 2.93. The second-order valence-corrected chi connectivity index (χ2v) is 7.55. The van der Waals surface area contributed by atoms with Crippen LogP contribution in [0.5, 0.6) is 11.5 Å². The first kappa shape index (κ1) is 15.3. The van der Waals surface area contributed by atoms with Gasteiger partial charge in [-0.2, -0.15) is 0 Å². The second-order valence-electron chi connectivity index (χ2n) is 7.55. The molecule has 128 valence electrons. The predicted molar refractivity (Wildman–Crippen MR) is 87.2 cm³/mol. The number of imide groups is 1. The summed E-state index contributed by atoms with van der Waals surface area (Å²) >= 11 is 0. The lowest BCUT2D eigenvalue weighted by Gasteiger charge is -2.39. The quantitative estimate of drug-likeness (QED) is 0.863. The molecule has 1 aromatic carbocycles. The molecule has 0 aromatic heterocycles. The zero-order valence-electron chi connectivity index (χ0n) is 14.2. The van der Waals surface area contributed by atoms with Crippen LogP contribution in [0.3, 0.4) is 0 Å². The number of carbonyl (C=O) groups excluding carboxylic acids is 2. The molecule has 0 bridgehead atoms. The van der Waals surface area contributed by atoms with E-state index in [1.807, 2.05) is 18.2 Å². The molecule has 2 heterocycles. The molecular formula is C18H22N2O4. The molecule has 0 radical (unpaired) electrons. The third-order valence-corrected chi connectivity index (χ3v) is 5.15. The molecule has 1 saturated heterocycles. The molecule has 0 spiro atoms. The van der Waals surface area contributed by atoms with Crippen LogP contribution >= 0.6 is 0 Å². The maximum Gasteiger partial charge on any atom is 0.325 e. The first-order valence-electron chi connectivity index (χ1n) is 8.43. The molecule has 6 nitrogen and oxygen atoms in total. The molecule has 3 amide bonds. The van der Waals surface area contributed by atoms with Gasteiger partial charge >= 0.3 is 6.03 Å². The van der Waals surface area contributed by atoms with Gasteiger partial charge in [0.25, 0.3) is 5.91 Å². The largest absolute Gasteiger partial charge is 0.492 e. The Hall–Kier alpha value is -2.24. The predicted octanol–water partition coefficient (Wildman–Crippen LogP) is 2.21. The molecule has 1 saturated carbocycles. The molecule has 1 atom stereocenters. The number of benzene rings is 1. The number of rotatable bonds is 3. The summed E-state index contributed by atoms with van der Waals surface area (Å²) in [5, 5.41) is 2.66. The number of carbonyl (C=O) groups is 2. The highest BCUT2D eigenvalue weighted by atomic mass is 16.5. The van der Waals surface area contributed by atoms with E-state index < -0.39 is 6.04 Å². The Labute approximate surface area is 141 Å². The van der Waals surface area contributed by atoms with Crippen LogP contribution in [0, 0.1) is 0 Å². The third kappa shape index (κ3) is 2.24. The molecule has 3 aliphatic rings. The summed E-state index contributed by atoms with van der Waals surface area (Å²) < 4.78 is 11.9. The Morgan fingerprint density at radius 1 is 1.29 bits per heavy atom. The van der Waals surface area contributed by atoms with Gasteiger partial charge in [-0.3, -0.25) is 9.69 Å². The zero-order chi connectivity index (χ0) is 17.1. The highest BCUT2D eigenvalue weighted by Crippen LogP contribution is 2.45. The van der Waals surface area contributed by atoms with Gasteiger partial charge < -0.3 is 14.8 Å². The summed E-state index contributed by atoms with van der Waals surface area (Å²) in [5.41, 5.74) is 1.03. The molecule has 2 fully saturated rings. The number of ether oxygens (including phenoxy) is 2. The van der Waals surface area contributed by atoms with Crippen molar-refractivity contribution in [3.05, 3.63) is 23.8 Å². The molecule has 1 aliphatic carbocycles. The number of urea groups is 1. The first-order chi connectivity index (χ1) is 11.4. The van der Waals surface area contributed by atoms with Crippen LogP contribution < -0.4 is 14.8 Å². The lowest BCUT2D eigenvalue weighted by atomic mass is 9.85. The van der Waals surface area contributed by atoms with Gasteiger partial charge in [0.15, 0.2) is 0 Å². The summed E-state index contributed by atoms with van der Waals surface area (Å²) in [6.07, 6.45) is 1.38. The van der Waals surface area contributed by atoms with Gasteiger partial charge in [-0.05, 0) is 19.1 Å². The van der Waals surface area contributed by atoms with Crippen molar-refractivity contribution in [2.24, 2.45) is 0 Å². The Morgan fingerprint density at radius 2 is 2.04 bits per heavy atom. The van der Waals surface area contributed by atoms with Crippen molar-refractivity contribution in [2.45, 2.75) is 57.2 Å². The van der Waals surface area contributed by atoms with E-state index >= 15 is 0 Å². The van der Waals surface area contributed by atoms with Gasteiger partial charge in [0, 0.05) is 29.9 Å². The SMILES string of the molecule is C[C@@H]1NC(=O)N(C2CC(Oc3cccc4c3C(C)(C)CO4)C2)C1=O. The molecule has 0 unspecified atom stereocenters. The Morgan fingerprint density at radius 3 is 2.71 bits per heavy atom. The Bertz CT molecular complexity index is 709. The van der Waals surface area contributed by atoms with Crippen molar-refractivity contribution in [3.63, 3.8) is 0 Å². The van der Waals surface area contributed by atoms with Crippen molar-refractivity contribution in [3.8, 4) is 11.5 Å². The first-order valence-corrected chi connectivity index (χ1v) is 8.43. The lowest BCUT2D eigenvalue weighted by Crippen LogP contribution is -2.52. The van der Waals surface area contributed by atoms with Crippen molar-refractivity contribution in [2.75, 3.05) is 6.61 Å². The van der Waals surface area contributed by atoms with Gasteiger partial charge in [-0.15, -0.1) is 0 Å². The smallest absolute Gasteiger partial charge is 0.325 e. The normalized spacial score (nSPS) is 30.5. The highest BCUT2D eigenvalue weighted by molar-refractivity contribution is 6.04. The van der Waals surface area contributed by atoms with Crippen molar-refractivity contribution in [1.29, 1.82) is 0 Å². The topological polar surface area (TPSA) is 67.9 Å². The Balaban J connectivity index is 1.44. The maximum atomic E-state index is 12.0. The summed E-state index contributed by atoms with van der Waals surface area (Å²) in [7, 11) is 0. The minimum atomic E-state index is -0.423. The second kappa shape index (κ2) is 5.13. The summed E-state index contributed by atoms with van der Waals surface area (Å²) in [6, 6.07) is 5.10. The van der Waals surface area contributed by atoms with Crippen LogP contribution in [0.2, 0.25) is 0 Å². The summed E-state index contributed by atoms with van der Waals surface area (Å²) in [4.78, 5) is 25.3. The van der Waals surface area contributed by atoms with Crippen LogP contribution in [0.1, 0.15) is 39.2 Å². The van der Waals surface area contributed by atoms with Crippen LogP contribution in [-0.2, 0) is 10.2 Å². The number of hydrogen-bond acceptors (Lipinski definition) is 4. The number of nitrogens with one attached hydrogen (secondary N) is 1. The van der Waals surface area contributed by atoms with Gasteiger partial charge in [0.1, 0.15) is 23.6 Å². The summed E-state index contributed by atoms with van der Waals surface area (Å²) in [5.74, 6) is 1.60. The molecule has 4 rings (SSSR count). The minimum absolute atomic E-state index is 0.0226. The van der Waals surface area contributed by atoms with Gasteiger partial charge in [0.2, 0.25) is 0 Å². The zero-order valence-corrected chi connectivity index (χ0v) is 14.2. The van der Waals surface area contributed by atoms with Crippen LogP contribution in [-0.4, -0.2) is 41.6 Å². The fourth-order valence-corrected chi connectivity index (χ4v) is 3.72. The van der Waals surface area contributed by atoms with E-state index in [1.54, 1.807) is 6.92 Å². The van der Waals surface area contributed by atoms with Crippen molar-refractivity contribution in [1.82, 2.24) is 10.2 Å². The van der Waals surface area contributed by atoms with E-state index in [4.69, 9.17) is 9.47 Å². The van der Waals surface area contributed by atoms with Crippen molar-refractivity contribution >= 4 is 11.9 Å². The van der Waals surface area contributed by atoms with Crippen LogP contribution in [0.15, 0.2) is 18.2 Å². The fraction of sp³-hybridized carbons (Fsp3) is 0.556. The monoisotopic (exact) mass is 330 g/mol. The van der Waals surface area contributed by atoms with E-state index in [2.05, 4.69) is 19.2 Å². The fourth-order valence-electron chi connectivity index (χ4n) is 3.72. The van der Waals surface area contributed by atoms with E-state index in [-0.39, 0.29) is 29.5 Å². The van der Waals surface area contributed by atoms with Gasteiger partial charge in [-0.1, -0.05) is 19.9 Å². The number of nitrogens with zero attached hydrogens (tertiary/aromatic N) is 1. The lowest BCUT2D eigenvalue weighted by molar-refractivity contribution is -0.131. The standard InChI is InChI=1S/C18H22N2O4/c1-10-16(21)20(17(22)19-10)11-7-12(8-11)24-14-6-4-5-13-15(14)18(2,3)9-23-13/h4-6,10-12H,7-9H2,1-3H3,(H,19,22)/t10-,11?,12?/m0/s1. The van der Waals surface area contributed by atoms with Gasteiger partial charge in [0.05, 0.1) is 6.61 Å². The summed E-state index contributed by atoms with van der Waals surface area (Å²) in [6.45, 7) is 6.65. The number of fused-ring (bicyclic) bond motifs is 1. The maximum absolute atomic E-state index is 12.0. The van der Waals surface area contributed by atoms with E-state index in [0.717, 1.165) is 17.1 Å². The van der Waals surface area contributed by atoms with Crippen molar-refractivity contribution < 1.29 is 19.1 Å². The van der Waals surface area contributed by atoms with Gasteiger partial charge in [-0.25, -0.2) is 4.79 Å². The van der Waals surface area contributed by atoms with Crippen LogP contribution in [0.4, 0.5) is 4.79 Å². The highest BCUT2D eigenvalue weighted by Gasteiger charge is 2.46. The average molecular weight is 330 g/mol.